The predicted molar refractivity (Wildman–Crippen MR) is 70.3 cm³/mol. The molecule has 0 spiro atoms. The zero-order valence-electron chi connectivity index (χ0n) is 10.4. The van der Waals surface area contributed by atoms with Crippen molar-refractivity contribution in [3.8, 4) is 0 Å². The first kappa shape index (κ1) is 12.3. The Kier molecular flexibility index (Phi) is 3.97. The van der Waals surface area contributed by atoms with Crippen LogP contribution < -0.4 is 5.32 Å². The van der Waals surface area contributed by atoms with Gasteiger partial charge in [0.25, 0.3) is 0 Å². The Balaban J connectivity index is 1.88. The van der Waals surface area contributed by atoms with E-state index in [-0.39, 0.29) is 0 Å². The van der Waals surface area contributed by atoms with Crippen LogP contribution in [0.3, 0.4) is 0 Å². The van der Waals surface area contributed by atoms with Crippen molar-refractivity contribution in [2.75, 3.05) is 0 Å². The Morgan fingerprint density at radius 1 is 1.47 bits per heavy atom. The SMILES string of the molecule is Cc1cnc(C(C)NC(C)Cc2ccco2)s1. The summed E-state index contributed by atoms with van der Waals surface area (Å²) in [4.78, 5) is 5.66. The molecule has 3 nitrogen and oxygen atoms in total. The van der Waals surface area contributed by atoms with Crippen LogP contribution in [0.15, 0.2) is 29.0 Å². The van der Waals surface area contributed by atoms with Gasteiger partial charge in [-0.05, 0) is 32.9 Å². The molecule has 2 unspecified atom stereocenters. The lowest BCUT2D eigenvalue weighted by molar-refractivity contribution is 0.428. The van der Waals surface area contributed by atoms with Gasteiger partial charge in [-0.15, -0.1) is 11.3 Å². The maximum atomic E-state index is 5.34. The number of hydrogen-bond acceptors (Lipinski definition) is 4. The Hall–Kier alpha value is -1.13. The summed E-state index contributed by atoms with van der Waals surface area (Å²) in [5.74, 6) is 1.02. The lowest BCUT2D eigenvalue weighted by Crippen LogP contribution is -2.30. The summed E-state index contributed by atoms with van der Waals surface area (Å²) < 4.78 is 5.34. The van der Waals surface area contributed by atoms with Crippen molar-refractivity contribution in [1.29, 1.82) is 0 Å². The molecule has 17 heavy (non-hydrogen) atoms. The lowest BCUT2D eigenvalue weighted by atomic mass is 10.2. The van der Waals surface area contributed by atoms with Gasteiger partial charge in [-0.25, -0.2) is 4.98 Å². The van der Waals surface area contributed by atoms with Crippen molar-refractivity contribution >= 4 is 11.3 Å². The molecule has 92 valence electrons. The Morgan fingerprint density at radius 3 is 2.88 bits per heavy atom. The molecule has 0 amide bonds. The number of thiazole rings is 1. The lowest BCUT2D eigenvalue weighted by Gasteiger charge is -2.17. The first-order chi connectivity index (χ1) is 8.15. The normalized spacial score (nSPS) is 14.8. The van der Waals surface area contributed by atoms with Crippen LogP contribution >= 0.6 is 11.3 Å². The quantitative estimate of drug-likeness (QED) is 0.884. The van der Waals surface area contributed by atoms with Gasteiger partial charge in [0, 0.05) is 23.5 Å². The highest BCUT2D eigenvalue weighted by molar-refractivity contribution is 7.11. The molecular weight excluding hydrogens is 232 g/mol. The van der Waals surface area contributed by atoms with E-state index in [1.54, 1.807) is 17.6 Å². The molecule has 0 saturated heterocycles. The Labute approximate surface area is 106 Å². The number of furan rings is 1. The molecular formula is C13H18N2OS. The fraction of sp³-hybridized carbons (Fsp3) is 0.462. The standard InChI is InChI=1S/C13H18N2OS/c1-9(7-12-5-4-6-16-12)15-11(3)13-14-8-10(2)17-13/h4-6,8-9,11,15H,7H2,1-3H3. The van der Waals surface area contributed by atoms with E-state index in [1.807, 2.05) is 18.3 Å². The molecule has 0 saturated carbocycles. The van der Waals surface area contributed by atoms with Gasteiger partial charge in [-0.3, -0.25) is 0 Å². The van der Waals surface area contributed by atoms with Gasteiger partial charge in [-0.2, -0.15) is 0 Å². The molecule has 2 aromatic rings. The molecule has 2 aromatic heterocycles. The molecule has 2 atom stereocenters. The zero-order chi connectivity index (χ0) is 12.3. The number of aryl methyl sites for hydroxylation is 1. The molecule has 0 aliphatic rings. The summed E-state index contributed by atoms with van der Waals surface area (Å²) in [6.45, 7) is 6.40. The third-order valence-corrected chi connectivity index (χ3v) is 3.73. The van der Waals surface area contributed by atoms with Crippen molar-refractivity contribution < 1.29 is 4.42 Å². The fourth-order valence-electron chi connectivity index (χ4n) is 1.86. The zero-order valence-corrected chi connectivity index (χ0v) is 11.3. The first-order valence-electron chi connectivity index (χ1n) is 5.86. The summed E-state index contributed by atoms with van der Waals surface area (Å²) in [5, 5.41) is 4.68. The Morgan fingerprint density at radius 2 is 2.29 bits per heavy atom. The van der Waals surface area contributed by atoms with Crippen molar-refractivity contribution in [1.82, 2.24) is 10.3 Å². The third-order valence-electron chi connectivity index (χ3n) is 2.63. The van der Waals surface area contributed by atoms with Crippen molar-refractivity contribution in [3.05, 3.63) is 40.2 Å². The van der Waals surface area contributed by atoms with Crippen LogP contribution in [0, 0.1) is 6.92 Å². The second-order valence-corrected chi connectivity index (χ2v) is 5.65. The molecule has 0 aliphatic carbocycles. The first-order valence-corrected chi connectivity index (χ1v) is 6.67. The van der Waals surface area contributed by atoms with Gasteiger partial charge in [0.05, 0.1) is 12.3 Å². The van der Waals surface area contributed by atoms with E-state index in [1.165, 1.54) is 4.88 Å². The molecule has 0 radical (unpaired) electrons. The van der Waals surface area contributed by atoms with Crippen LogP contribution in [0.2, 0.25) is 0 Å². The van der Waals surface area contributed by atoms with Crippen LogP contribution in [0.5, 0.6) is 0 Å². The summed E-state index contributed by atoms with van der Waals surface area (Å²) in [7, 11) is 0. The van der Waals surface area contributed by atoms with Crippen LogP contribution in [0.4, 0.5) is 0 Å². The maximum absolute atomic E-state index is 5.34. The minimum Gasteiger partial charge on any atom is -0.469 e. The number of nitrogens with zero attached hydrogens (tertiary/aromatic N) is 1. The van der Waals surface area contributed by atoms with Crippen molar-refractivity contribution in [2.24, 2.45) is 0 Å². The third kappa shape index (κ3) is 3.41. The average Bonchev–Trinajstić information content (AvgIpc) is 2.89. The highest BCUT2D eigenvalue weighted by Gasteiger charge is 2.13. The second kappa shape index (κ2) is 5.47. The predicted octanol–water partition coefficient (Wildman–Crippen LogP) is 3.33. The number of nitrogens with one attached hydrogen (secondary N) is 1. The summed E-state index contributed by atoms with van der Waals surface area (Å²) in [5.41, 5.74) is 0. The van der Waals surface area contributed by atoms with Crippen LogP contribution in [0.1, 0.15) is 35.5 Å². The van der Waals surface area contributed by atoms with Crippen LogP contribution in [0.25, 0.3) is 0 Å². The van der Waals surface area contributed by atoms with E-state index < -0.39 is 0 Å². The van der Waals surface area contributed by atoms with Gasteiger partial charge >= 0.3 is 0 Å². The number of hydrogen-bond donors (Lipinski definition) is 1. The molecule has 0 fully saturated rings. The molecule has 0 bridgehead atoms. The fourth-order valence-corrected chi connectivity index (χ4v) is 2.65. The van der Waals surface area contributed by atoms with E-state index in [2.05, 4.69) is 31.1 Å². The van der Waals surface area contributed by atoms with E-state index in [9.17, 15) is 0 Å². The van der Waals surface area contributed by atoms with Crippen LogP contribution in [-0.2, 0) is 6.42 Å². The minimum absolute atomic E-state index is 0.290. The van der Waals surface area contributed by atoms with Gasteiger partial charge in [0.2, 0.25) is 0 Å². The van der Waals surface area contributed by atoms with Crippen LogP contribution in [-0.4, -0.2) is 11.0 Å². The minimum atomic E-state index is 0.290. The number of aromatic nitrogens is 1. The van der Waals surface area contributed by atoms with E-state index in [0.29, 0.717) is 12.1 Å². The monoisotopic (exact) mass is 250 g/mol. The van der Waals surface area contributed by atoms with E-state index >= 15 is 0 Å². The van der Waals surface area contributed by atoms with Gasteiger partial charge in [0.15, 0.2) is 0 Å². The topological polar surface area (TPSA) is 38.1 Å². The van der Waals surface area contributed by atoms with E-state index in [4.69, 9.17) is 4.42 Å². The maximum Gasteiger partial charge on any atom is 0.109 e. The van der Waals surface area contributed by atoms with Crippen molar-refractivity contribution in [2.45, 2.75) is 39.3 Å². The second-order valence-electron chi connectivity index (χ2n) is 4.38. The summed E-state index contributed by atoms with van der Waals surface area (Å²) in [6.07, 6.45) is 4.55. The molecule has 1 N–H and O–H groups in total. The molecule has 0 aromatic carbocycles. The summed E-state index contributed by atoms with van der Waals surface area (Å²) in [6, 6.07) is 4.60. The highest BCUT2D eigenvalue weighted by atomic mass is 32.1. The highest BCUT2D eigenvalue weighted by Crippen LogP contribution is 2.19. The molecule has 2 rings (SSSR count). The smallest absolute Gasteiger partial charge is 0.109 e. The van der Waals surface area contributed by atoms with Gasteiger partial charge < -0.3 is 9.73 Å². The number of rotatable bonds is 5. The van der Waals surface area contributed by atoms with E-state index in [0.717, 1.165) is 17.2 Å². The van der Waals surface area contributed by atoms with Gasteiger partial charge in [-0.1, -0.05) is 0 Å². The van der Waals surface area contributed by atoms with Crippen molar-refractivity contribution in [3.63, 3.8) is 0 Å². The van der Waals surface area contributed by atoms with Gasteiger partial charge in [0.1, 0.15) is 10.8 Å². The average molecular weight is 250 g/mol. The molecule has 4 heteroatoms. The summed E-state index contributed by atoms with van der Waals surface area (Å²) >= 11 is 1.75. The Bertz CT molecular complexity index is 450. The molecule has 2 heterocycles. The largest absolute Gasteiger partial charge is 0.469 e. The molecule has 0 aliphatic heterocycles.